The molecule has 0 amide bonds. The van der Waals surface area contributed by atoms with Gasteiger partial charge < -0.3 is 9.84 Å². The van der Waals surface area contributed by atoms with Crippen molar-refractivity contribution in [2.24, 2.45) is 5.92 Å². The molecule has 0 spiro atoms. The number of hydrogen-bond acceptors (Lipinski definition) is 3. The van der Waals surface area contributed by atoms with Gasteiger partial charge >= 0.3 is 39.2 Å². The predicted molar refractivity (Wildman–Crippen MR) is 71.7 cm³/mol. The van der Waals surface area contributed by atoms with Crippen molar-refractivity contribution in [3.05, 3.63) is 12.7 Å². The zero-order valence-electron chi connectivity index (χ0n) is 11.1. The molecule has 0 aliphatic rings. The second-order valence-electron chi connectivity index (χ2n) is 3.31. The molecule has 0 heterocycles. The molecule has 4 nitrogen and oxygen atoms in total. The molecule has 1 N–H and O–H groups in total. The van der Waals surface area contributed by atoms with Crippen molar-refractivity contribution in [1.29, 1.82) is 0 Å². The van der Waals surface area contributed by atoms with E-state index >= 15 is 0 Å². The number of aliphatic carboxylic acids is 1. The van der Waals surface area contributed by atoms with Gasteiger partial charge in [0, 0.05) is 6.08 Å². The van der Waals surface area contributed by atoms with Gasteiger partial charge in [0.05, 0.1) is 13.0 Å². The van der Waals surface area contributed by atoms with E-state index in [1.165, 1.54) is 7.11 Å². The van der Waals surface area contributed by atoms with Crippen LogP contribution in [-0.4, -0.2) is 51.5 Å². The Balaban J connectivity index is -0.000000244. The van der Waals surface area contributed by atoms with Crippen LogP contribution in [0.2, 0.25) is 0 Å². The van der Waals surface area contributed by atoms with Gasteiger partial charge in [0.1, 0.15) is 0 Å². The first-order valence-electron chi connectivity index (χ1n) is 5.46. The van der Waals surface area contributed by atoms with Gasteiger partial charge in [-0.15, -0.1) is 0 Å². The molecule has 0 aliphatic heterocycles. The van der Waals surface area contributed by atoms with Crippen molar-refractivity contribution < 1.29 is 19.4 Å². The Morgan fingerprint density at radius 3 is 2.12 bits per heavy atom. The topological polar surface area (TPSA) is 63.6 Å². The third-order valence-corrected chi connectivity index (χ3v) is 2.12. The van der Waals surface area contributed by atoms with Gasteiger partial charge in [-0.1, -0.05) is 33.3 Å². The van der Waals surface area contributed by atoms with Crippen molar-refractivity contribution in [2.45, 2.75) is 39.5 Å². The third-order valence-electron chi connectivity index (χ3n) is 2.12. The monoisotopic (exact) mass is 440 g/mol. The standard InChI is InChI=1S/C8H16O2.C4H6O2.Pb.2H/c1-3-5-6-7(4-2)8(9)10;1-3-4(5)6-2;;;/h7H,3-6H2,1-2H3,(H,9,10);3H,1H2,2H3;;;. The maximum atomic E-state index is 10.4. The first-order chi connectivity index (χ1) is 7.53. The van der Waals surface area contributed by atoms with Crippen LogP contribution in [0.1, 0.15) is 39.5 Å². The van der Waals surface area contributed by atoms with Gasteiger partial charge in [0.25, 0.3) is 0 Å². The number of carboxylic acid groups (broad SMARTS) is 1. The summed E-state index contributed by atoms with van der Waals surface area (Å²) in [6, 6.07) is 0. The van der Waals surface area contributed by atoms with E-state index in [1.54, 1.807) is 0 Å². The molecule has 0 aromatic carbocycles. The Hall–Kier alpha value is -0.398. The quantitative estimate of drug-likeness (QED) is 0.389. The number of carbonyl (C=O) groups is 2. The van der Waals surface area contributed by atoms with E-state index in [2.05, 4.69) is 18.2 Å². The van der Waals surface area contributed by atoms with Crippen LogP contribution in [0.4, 0.5) is 0 Å². The Morgan fingerprint density at radius 1 is 1.41 bits per heavy atom. The van der Waals surface area contributed by atoms with Gasteiger partial charge in [0.15, 0.2) is 0 Å². The minimum absolute atomic E-state index is 0. The summed E-state index contributed by atoms with van der Waals surface area (Å²) in [4.78, 5) is 20.3. The van der Waals surface area contributed by atoms with Crippen LogP contribution >= 0.6 is 0 Å². The molecule has 2 radical (unpaired) electrons. The molecule has 0 rings (SSSR count). The first-order valence-corrected chi connectivity index (χ1v) is 5.46. The van der Waals surface area contributed by atoms with E-state index in [4.69, 9.17) is 5.11 Å². The van der Waals surface area contributed by atoms with E-state index in [0.717, 1.165) is 31.8 Å². The molecule has 100 valence electrons. The number of carboxylic acids is 1. The van der Waals surface area contributed by atoms with Crippen molar-refractivity contribution >= 4 is 39.2 Å². The zero-order chi connectivity index (χ0) is 13.0. The van der Waals surface area contributed by atoms with Gasteiger partial charge in [-0.25, -0.2) is 4.79 Å². The molecule has 0 aromatic rings. The number of esters is 1. The average Bonchev–Trinajstić information content (AvgIpc) is 2.29. The van der Waals surface area contributed by atoms with E-state index < -0.39 is 11.9 Å². The fourth-order valence-electron chi connectivity index (χ4n) is 1.04. The van der Waals surface area contributed by atoms with Crippen LogP contribution in [0, 0.1) is 5.92 Å². The second kappa shape index (κ2) is 15.6. The van der Waals surface area contributed by atoms with Gasteiger partial charge in [-0.05, 0) is 12.8 Å². The molecule has 17 heavy (non-hydrogen) atoms. The van der Waals surface area contributed by atoms with E-state index in [-0.39, 0.29) is 33.2 Å². The van der Waals surface area contributed by atoms with Crippen LogP contribution < -0.4 is 0 Å². The van der Waals surface area contributed by atoms with Gasteiger partial charge in [-0.2, -0.15) is 0 Å². The zero-order valence-corrected chi connectivity index (χ0v) is 16.6. The number of carbonyl (C=O) groups excluding carboxylic acids is 1. The van der Waals surface area contributed by atoms with Crippen molar-refractivity contribution in [3.8, 4) is 0 Å². The molecule has 5 heteroatoms. The summed E-state index contributed by atoms with van der Waals surface area (Å²) >= 11 is 0. The van der Waals surface area contributed by atoms with Crippen LogP contribution in [-0.2, 0) is 14.3 Å². The Labute approximate surface area is 124 Å². The summed E-state index contributed by atoms with van der Waals surface area (Å²) in [6.45, 7) is 7.16. The van der Waals surface area contributed by atoms with Crippen molar-refractivity contribution in [2.75, 3.05) is 7.11 Å². The number of hydrogen-bond donors (Lipinski definition) is 1. The first kappa shape index (κ1) is 21.8. The van der Waals surface area contributed by atoms with Gasteiger partial charge in [-0.3, -0.25) is 4.79 Å². The summed E-state index contributed by atoms with van der Waals surface area (Å²) in [7, 11) is 1.31. The number of ether oxygens (including phenoxy) is 1. The Morgan fingerprint density at radius 2 is 1.94 bits per heavy atom. The van der Waals surface area contributed by atoms with E-state index in [0.29, 0.717) is 0 Å². The van der Waals surface area contributed by atoms with Crippen molar-refractivity contribution in [3.63, 3.8) is 0 Å². The Bertz CT molecular complexity index is 217. The van der Waals surface area contributed by atoms with Gasteiger partial charge in [0.2, 0.25) is 0 Å². The molecule has 1 atom stereocenters. The summed E-state index contributed by atoms with van der Waals surface area (Å²) in [5.74, 6) is -1.15. The maximum absolute atomic E-state index is 10.4. The molecule has 0 bridgehead atoms. The number of methoxy groups -OCH3 is 1. The number of unbranched alkanes of at least 4 members (excludes halogenated alkanes) is 1. The minimum atomic E-state index is -0.643. The fourth-order valence-corrected chi connectivity index (χ4v) is 1.04. The molecular formula is C12H24O4Pb. The Kier molecular flexibility index (Phi) is 20.0. The number of rotatable bonds is 6. The average molecular weight is 440 g/mol. The molecule has 1 unspecified atom stereocenters. The van der Waals surface area contributed by atoms with Crippen molar-refractivity contribution in [1.82, 2.24) is 0 Å². The second-order valence-corrected chi connectivity index (χ2v) is 3.31. The normalized spacial score (nSPS) is 10.1. The van der Waals surface area contributed by atoms with E-state index in [1.807, 2.05) is 6.92 Å². The molecule has 0 saturated carbocycles. The molecule has 0 saturated heterocycles. The van der Waals surface area contributed by atoms with E-state index in [9.17, 15) is 9.59 Å². The summed E-state index contributed by atoms with van der Waals surface area (Å²) in [6.07, 6.45) is 4.83. The van der Waals surface area contributed by atoms with Crippen LogP contribution in [0.25, 0.3) is 0 Å². The fraction of sp³-hybridized carbons (Fsp3) is 0.667. The van der Waals surface area contributed by atoms with Crippen LogP contribution in [0.15, 0.2) is 12.7 Å². The van der Waals surface area contributed by atoms with Crippen LogP contribution in [0.3, 0.4) is 0 Å². The molecule has 0 aromatic heterocycles. The molecule has 0 fully saturated rings. The SMILES string of the molecule is C=CC(=O)OC.CCCCC(CC)C(=O)O.[PbH2]. The molecular weight excluding hydrogens is 415 g/mol. The molecule has 0 aliphatic carbocycles. The van der Waals surface area contributed by atoms with Crippen LogP contribution in [0.5, 0.6) is 0 Å². The predicted octanol–water partition coefficient (Wildman–Crippen LogP) is 1.72. The summed E-state index contributed by atoms with van der Waals surface area (Å²) in [5, 5.41) is 8.60. The summed E-state index contributed by atoms with van der Waals surface area (Å²) < 4.78 is 4.14. The third kappa shape index (κ3) is 15.6. The summed E-state index contributed by atoms with van der Waals surface area (Å²) in [5.41, 5.74) is 0.